The highest BCUT2D eigenvalue weighted by Gasteiger charge is 2.74. The highest BCUT2D eigenvalue weighted by molar-refractivity contribution is 5.35. The molecule has 1 N–H and O–H groups in total. The van der Waals surface area contributed by atoms with Crippen LogP contribution in [0.1, 0.15) is 106 Å². The molecule has 9 atom stereocenters. The smallest absolute Gasteiger partial charge is 0.101 e. The van der Waals surface area contributed by atoms with Gasteiger partial charge in [0.15, 0.2) is 0 Å². The summed E-state index contributed by atoms with van der Waals surface area (Å²) in [5.74, 6) is 2.04. The molecule has 0 radical (unpaired) electrons. The Morgan fingerprint density at radius 2 is 1.58 bits per heavy atom. The van der Waals surface area contributed by atoms with Crippen LogP contribution < -0.4 is 0 Å². The normalized spacial score (nSPS) is 56.1. The number of hydrogen-bond acceptors (Lipinski definition) is 3. The minimum absolute atomic E-state index is 0.100. The lowest BCUT2D eigenvalue weighted by Gasteiger charge is -2.72. The summed E-state index contributed by atoms with van der Waals surface area (Å²) < 4.78 is 6.75. The molecule has 0 spiro atoms. The standard InChI is InChI=1S/C30H48O3/c1-25(2)10-11-27(5)12-13-29(7)24-21-16-20-19(8-9-23(33-31)26(20,3)4)30(24,18-32-21)15-14-28(29,6)22(27)17-25/h16,19,21-24,31H,8-15,17-18H2,1-7H3/t19-,21-,22-,23+,24-,27-,28+,29-,30-/m1/s1. The van der Waals surface area contributed by atoms with Gasteiger partial charge in [-0.25, -0.2) is 4.89 Å². The third-order valence-corrected chi connectivity index (χ3v) is 13.4. The first-order chi connectivity index (χ1) is 15.3. The SMILES string of the molecule is CC1(C)CC[C@]2(C)CC[C@]3(C)[C@H]4[C@H]5C=C6[C@@H](CC[C@H](OO)C6(C)C)[C@@]4(CC[C@@]3(C)[C@@H]2C1)CO5. The van der Waals surface area contributed by atoms with E-state index in [1.807, 2.05) is 0 Å². The van der Waals surface area contributed by atoms with Gasteiger partial charge in [0.05, 0.1) is 12.7 Å². The average molecular weight is 457 g/mol. The lowest BCUT2D eigenvalue weighted by atomic mass is 9.31. The van der Waals surface area contributed by atoms with Gasteiger partial charge in [-0.05, 0) is 91.3 Å². The topological polar surface area (TPSA) is 38.7 Å². The second kappa shape index (κ2) is 6.68. The molecule has 186 valence electrons. The number of fused-ring (bicyclic) bond motifs is 4. The van der Waals surface area contributed by atoms with Crippen molar-refractivity contribution in [2.24, 2.45) is 50.2 Å². The highest BCUT2D eigenvalue weighted by atomic mass is 17.1. The second-order valence-electron chi connectivity index (χ2n) is 15.5. The molecular weight excluding hydrogens is 408 g/mol. The van der Waals surface area contributed by atoms with Crippen molar-refractivity contribution in [2.75, 3.05) is 6.61 Å². The summed E-state index contributed by atoms with van der Waals surface area (Å²) in [6.45, 7) is 18.6. The summed E-state index contributed by atoms with van der Waals surface area (Å²) in [6, 6.07) is 0. The van der Waals surface area contributed by atoms with Crippen LogP contribution in [0.2, 0.25) is 0 Å². The lowest BCUT2D eigenvalue weighted by Crippen LogP contribution is -2.67. The predicted octanol–water partition coefficient (Wildman–Crippen LogP) is 7.66. The molecule has 1 aliphatic heterocycles. The molecule has 6 rings (SSSR count). The Balaban J connectivity index is 1.44. The molecule has 1 heterocycles. The molecule has 0 aromatic carbocycles. The molecule has 0 aromatic heterocycles. The van der Waals surface area contributed by atoms with E-state index in [-0.39, 0.29) is 23.0 Å². The predicted molar refractivity (Wildman–Crippen MR) is 132 cm³/mol. The average Bonchev–Trinajstić information content (AvgIpc) is 3.05. The summed E-state index contributed by atoms with van der Waals surface area (Å²) in [6.07, 6.45) is 14.4. The number of rotatable bonds is 1. The van der Waals surface area contributed by atoms with E-state index in [1.165, 1.54) is 50.5 Å². The Morgan fingerprint density at radius 3 is 2.30 bits per heavy atom. The van der Waals surface area contributed by atoms with Crippen LogP contribution in [-0.4, -0.2) is 24.1 Å². The molecule has 2 bridgehead atoms. The molecule has 3 nitrogen and oxygen atoms in total. The van der Waals surface area contributed by atoms with E-state index in [4.69, 9.17) is 9.62 Å². The van der Waals surface area contributed by atoms with Gasteiger partial charge in [-0.2, -0.15) is 0 Å². The van der Waals surface area contributed by atoms with Crippen molar-refractivity contribution in [1.29, 1.82) is 0 Å². The lowest BCUT2D eigenvalue weighted by molar-refractivity contribution is -0.305. The molecule has 1 saturated heterocycles. The van der Waals surface area contributed by atoms with Crippen molar-refractivity contribution in [3.63, 3.8) is 0 Å². The highest BCUT2D eigenvalue weighted by Crippen LogP contribution is 2.78. The van der Waals surface area contributed by atoms with E-state index in [2.05, 4.69) is 54.5 Å². The Hall–Kier alpha value is -0.380. The van der Waals surface area contributed by atoms with Gasteiger partial charge >= 0.3 is 0 Å². The van der Waals surface area contributed by atoms with Crippen molar-refractivity contribution in [2.45, 2.75) is 118 Å². The fourth-order valence-corrected chi connectivity index (χ4v) is 11.1. The Labute approximate surface area is 202 Å². The molecule has 6 aliphatic rings. The maximum absolute atomic E-state index is 9.64. The monoisotopic (exact) mass is 456 g/mol. The third kappa shape index (κ3) is 2.69. The first-order valence-corrected chi connectivity index (χ1v) is 14.0. The number of hydrogen-bond donors (Lipinski definition) is 1. The quantitative estimate of drug-likeness (QED) is 0.250. The van der Waals surface area contributed by atoms with Gasteiger partial charge in [0.25, 0.3) is 0 Å². The van der Waals surface area contributed by atoms with Gasteiger partial charge in [0.1, 0.15) is 6.10 Å². The Morgan fingerprint density at radius 1 is 0.879 bits per heavy atom. The molecule has 33 heavy (non-hydrogen) atoms. The van der Waals surface area contributed by atoms with Gasteiger partial charge in [0.2, 0.25) is 0 Å². The summed E-state index contributed by atoms with van der Waals surface area (Å²) in [4.78, 5) is 5.01. The van der Waals surface area contributed by atoms with E-state index in [1.54, 1.807) is 0 Å². The van der Waals surface area contributed by atoms with Gasteiger partial charge < -0.3 is 4.74 Å². The molecule has 0 unspecified atom stereocenters. The van der Waals surface area contributed by atoms with Crippen LogP contribution in [0.5, 0.6) is 0 Å². The maximum Gasteiger partial charge on any atom is 0.101 e. The summed E-state index contributed by atoms with van der Waals surface area (Å²) in [5.41, 5.74) is 3.40. The van der Waals surface area contributed by atoms with Gasteiger partial charge in [0, 0.05) is 16.7 Å². The fourth-order valence-electron chi connectivity index (χ4n) is 11.1. The van der Waals surface area contributed by atoms with Crippen molar-refractivity contribution >= 4 is 0 Å². The molecule has 5 aliphatic carbocycles. The largest absolute Gasteiger partial charge is 0.373 e. The Bertz CT molecular complexity index is 874. The van der Waals surface area contributed by atoms with E-state index >= 15 is 0 Å². The van der Waals surface area contributed by atoms with Crippen LogP contribution in [-0.2, 0) is 9.62 Å². The van der Waals surface area contributed by atoms with Gasteiger partial charge in [-0.1, -0.05) is 60.1 Å². The molecule has 0 amide bonds. The summed E-state index contributed by atoms with van der Waals surface area (Å²) in [7, 11) is 0. The minimum Gasteiger partial charge on any atom is -0.373 e. The van der Waals surface area contributed by atoms with Crippen molar-refractivity contribution in [3.05, 3.63) is 11.6 Å². The van der Waals surface area contributed by atoms with E-state index in [0.717, 1.165) is 25.4 Å². The number of ether oxygens (including phenoxy) is 1. The van der Waals surface area contributed by atoms with Crippen molar-refractivity contribution < 1.29 is 14.9 Å². The molecule has 0 aromatic rings. The Kier molecular flexibility index (Phi) is 4.66. The van der Waals surface area contributed by atoms with Crippen molar-refractivity contribution in [3.8, 4) is 0 Å². The van der Waals surface area contributed by atoms with E-state index in [9.17, 15) is 5.26 Å². The summed E-state index contributed by atoms with van der Waals surface area (Å²) >= 11 is 0. The second-order valence-corrected chi connectivity index (χ2v) is 15.5. The van der Waals surface area contributed by atoms with Crippen LogP contribution in [0.4, 0.5) is 0 Å². The maximum atomic E-state index is 9.64. The van der Waals surface area contributed by atoms with E-state index in [0.29, 0.717) is 33.5 Å². The van der Waals surface area contributed by atoms with Gasteiger partial charge in [-0.3, -0.25) is 5.26 Å². The molecular formula is C30H48O3. The van der Waals surface area contributed by atoms with Crippen LogP contribution in [0.25, 0.3) is 0 Å². The van der Waals surface area contributed by atoms with Gasteiger partial charge in [-0.15, -0.1) is 0 Å². The van der Waals surface area contributed by atoms with Crippen LogP contribution in [0.3, 0.4) is 0 Å². The van der Waals surface area contributed by atoms with Crippen LogP contribution in [0.15, 0.2) is 11.6 Å². The zero-order chi connectivity index (χ0) is 23.7. The molecule has 3 heteroatoms. The van der Waals surface area contributed by atoms with Crippen LogP contribution in [0, 0.1) is 50.2 Å². The fraction of sp³-hybridized carbons (Fsp3) is 0.933. The molecule has 5 fully saturated rings. The zero-order valence-corrected chi connectivity index (χ0v) is 22.3. The zero-order valence-electron chi connectivity index (χ0n) is 22.3. The molecule has 4 saturated carbocycles. The van der Waals surface area contributed by atoms with E-state index < -0.39 is 0 Å². The minimum atomic E-state index is -0.123. The van der Waals surface area contributed by atoms with Crippen LogP contribution >= 0.6 is 0 Å². The third-order valence-electron chi connectivity index (χ3n) is 13.4. The first kappa shape index (κ1) is 23.0. The summed E-state index contributed by atoms with van der Waals surface area (Å²) in [5, 5.41) is 9.64. The van der Waals surface area contributed by atoms with Crippen molar-refractivity contribution in [1.82, 2.24) is 0 Å². The first-order valence-electron chi connectivity index (χ1n) is 14.0.